The highest BCUT2D eigenvalue weighted by Gasteiger charge is 2.10. The molecular formula is C7H5BrClNO2. The molecule has 5 heteroatoms. The topological polar surface area (TPSA) is 39.2 Å². The largest absolute Gasteiger partial charge is 0.480 e. The third-order valence-corrected chi connectivity index (χ3v) is 2.65. The van der Waals surface area contributed by atoms with Crippen molar-refractivity contribution in [1.29, 1.82) is 0 Å². The number of aldehydes is 1. The van der Waals surface area contributed by atoms with Crippen LogP contribution < -0.4 is 4.74 Å². The molecule has 0 saturated carbocycles. The molecule has 1 rings (SSSR count). The van der Waals surface area contributed by atoms with E-state index in [1.54, 1.807) is 0 Å². The highest BCUT2D eigenvalue weighted by atomic mass is 79.9. The summed E-state index contributed by atoms with van der Waals surface area (Å²) in [4.78, 5) is 14.2. The van der Waals surface area contributed by atoms with Crippen LogP contribution in [0, 0.1) is 0 Å². The molecule has 3 nitrogen and oxygen atoms in total. The molecule has 0 fully saturated rings. The van der Waals surface area contributed by atoms with Crippen LogP contribution in [0.25, 0.3) is 0 Å². The van der Waals surface area contributed by atoms with E-state index in [4.69, 9.17) is 16.3 Å². The number of ether oxygens (including phenoxy) is 1. The molecule has 0 aliphatic heterocycles. The first-order valence-corrected chi connectivity index (χ1v) is 4.21. The second-order valence-electron chi connectivity index (χ2n) is 1.97. The number of pyridine rings is 1. The molecule has 0 unspecified atom stereocenters. The average molecular weight is 250 g/mol. The highest BCUT2D eigenvalue weighted by molar-refractivity contribution is 9.10. The summed E-state index contributed by atoms with van der Waals surface area (Å²) in [6, 6.07) is 0. The smallest absolute Gasteiger partial charge is 0.229 e. The number of halogens is 2. The second kappa shape index (κ2) is 3.87. The quantitative estimate of drug-likeness (QED) is 0.756. The van der Waals surface area contributed by atoms with Gasteiger partial charge in [0.15, 0.2) is 6.29 Å². The highest BCUT2D eigenvalue weighted by Crippen LogP contribution is 2.31. The van der Waals surface area contributed by atoms with Crippen molar-refractivity contribution in [1.82, 2.24) is 4.98 Å². The fourth-order valence-corrected chi connectivity index (χ4v) is 1.35. The van der Waals surface area contributed by atoms with Gasteiger partial charge in [0.25, 0.3) is 0 Å². The molecule has 0 aliphatic carbocycles. The van der Waals surface area contributed by atoms with Gasteiger partial charge in [0.05, 0.1) is 22.2 Å². The van der Waals surface area contributed by atoms with Crippen LogP contribution in [0.4, 0.5) is 0 Å². The van der Waals surface area contributed by atoms with Crippen molar-refractivity contribution >= 4 is 33.8 Å². The van der Waals surface area contributed by atoms with Crippen LogP contribution in [0.2, 0.25) is 5.02 Å². The lowest BCUT2D eigenvalue weighted by molar-refractivity contribution is 0.112. The van der Waals surface area contributed by atoms with Gasteiger partial charge < -0.3 is 4.74 Å². The van der Waals surface area contributed by atoms with Crippen molar-refractivity contribution in [3.63, 3.8) is 0 Å². The van der Waals surface area contributed by atoms with Gasteiger partial charge in [0.2, 0.25) is 5.88 Å². The Bertz CT molecular complexity index is 317. The number of hydrogen-bond acceptors (Lipinski definition) is 3. The minimum absolute atomic E-state index is 0.317. The molecule has 0 N–H and O–H groups in total. The molecular weight excluding hydrogens is 245 g/mol. The summed E-state index contributed by atoms with van der Waals surface area (Å²) in [6.07, 6.45) is 2.00. The van der Waals surface area contributed by atoms with E-state index >= 15 is 0 Å². The van der Waals surface area contributed by atoms with Crippen LogP contribution in [0.15, 0.2) is 10.7 Å². The number of methoxy groups -OCH3 is 1. The summed E-state index contributed by atoms with van der Waals surface area (Å²) in [7, 11) is 1.48. The number of hydrogen-bond donors (Lipinski definition) is 0. The van der Waals surface area contributed by atoms with E-state index in [1.165, 1.54) is 13.3 Å². The Labute approximate surface area is 82.8 Å². The van der Waals surface area contributed by atoms with E-state index < -0.39 is 0 Å². The van der Waals surface area contributed by atoms with Gasteiger partial charge >= 0.3 is 0 Å². The Morgan fingerprint density at radius 1 is 1.75 bits per heavy atom. The minimum atomic E-state index is 0.317. The monoisotopic (exact) mass is 249 g/mol. The van der Waals surface area contributed by atoms with Crippen molar-refractivity contribution in [2.45, 2.75) is 0 Å². The van der Waals surface area contributed by atoms with Gasteiger partial charge in [-0.1, -0.05) is 11.6 Å². The lowest BCUT2D eigenvalue weighted by atomic mass is 10.3. The molecule has 0 bridgehead atoms. The number of carbonyl (C=O) groups excluding carboxylic acids is 1. The van der Waals surface area contributed by atoms with Gasteiger partial charge in [-0.3, -0.25) is 4.79 Å². The van der Waals surface area contributed by atoms with Gasteiger partial charge in [-0.25, -0.2) is 4.98 Å². The molecule has 1 aromatic rings. The molecule has 0 amide bonds. The Morgan fingerprint density at radius 3 is 2.92 bits per heavy atom. The Hall–Kier alpha value is -0.610. The van der Waals surface area contributed by atoms with Crippen molar-refractivity contribution in [3.8, 4) is 5.88 Å². The number of aromatic nitrogens is 1. The predicted octanol–water partition coefficient (Wildman–Crippen LogP) is 2.32. The molecule has 1 heterocycles. The van der Waals surface area contributed by atoms with E-state index in [9.17, 15) is 4.79 Å². The van der Waals surface area contributed by atoms with Gasteiger partial charge in [0.1, 0.15) is 0 Å². The summed E-state index contributed by atoms with van der Waals surface area (Å²) in [5.41, 5.74) is 0.337. The predicted molar refractivity (Wildman–Crippen MR) is 48.9 cm³/mol. The number of rotatable bonds is 2. The van der Waals surface area contributed by atoms with Crippen molar-refractivity contribution < 1.29 is 9.53 Å². The van der Waals surface area contributed by atoms with E-state index in [-0.39, 0.29) is 0 Å². The first-order valence-electron chi connectivity index (χ1n) is 3.04. The third-order valence-electron chi connectivity index (χ3n) is 1.28. The maximum absolute atomic E-state index is 10.4. The van der Waals surface area contributed by atoms with Crippen LogP contribution >= 0.6 is 27.5 Å². The molecule has 12 heavy (non-hydrogen) atoms. The molecule has 1 aromatic heterocycles. The molecule has 0 saturated heterocycles. The third kappa shape index (κ3) is 1.59. The minimum Gasteiger partial charge on any atom is -0.480 e. The van der Waals surface area contributed by atoms with Gasteiger partial charge in [0, 0.05) is 6.20 Å². The van der Waals surface area contributed by atoms with E-state index in [0.29, 0.717) is 27.2 Å². The molecule has 0 aromatic carbocycles. The number of nitrogens with zero attached hydrogens (tertiary/aromatic N) is 1. The van der Waals surface area contributed by atoms with Crippen molar-refractivity contribution in [2.75, 3.05) is 7.11 Å². The summed E-state index contributed by atoms with van der Waals surface area (Å²) in [5.74, 6) is 0.366. The molecule has 0 aliphatic rings. The van der Waals surface area contributed by atoms with Crippen LogP contribution in [0.5, 0.6) is 5.88 Å². The lowest BCUT2D eigenvalue weighted by Crippen LogP contribution is -1.92. The first-order chi connectivity index (χ1) is 5.70. The normalized spacial score (nSPS) is 9.58. The molecule has 64 valence electrons. The van der Waals surface area contributed by atoms with Gasteiger partial charge in [-0.2, -0.15) is 0 Å². The van der Waals surface area contributed by atoms with E-state index in [0.717, 1.165) is 0 Å². The molecule has 0 atom stereocenters. The SMILES string of the molecule is COc1ncc(C=O)c(Cl)c1Br. The lowest BCUT2D eigenvalue weighted by Gasteiger charge is -2.03. The summed E-state index contributed by atoms with van der Waals surface area (Å²) in [6.45, 7) is 0. The fourth-order valence-electron chi connectivity index (χ4n) is 0.687. The zero-order valence-electron chi connectivity index (χ0n) is 6.17. The van der Waals surface area contributed by atoms with Gasteiger partial charge in [-0.15, -0.1) is 0 Å². The van der Waals surface area contributed by atoms with Crippen LogP contribution in [-0.2, 0) is 0 Å². The Kier molecular flexibility index (Phi) is 3.05. The molecule has 0 spiro atoms. The molecule has 0 radical (unpaired) electrons. The zero-order chi connectivity index (χ0) is 9.14. The van der Waals surface area contributed by atoms with Crippen molar-refractivity contribution in [3.05, 3.63) is 21.3 Å². The summed E-state index contributed by atoms with van der Waals surface area (Å²) >= 11 is 8.93. The maximum Gasteiger partial charge on any atom is 0.229 e. The first kappa shape index (κ1) is 9.48. The van der Waals surface area contributed by atoms with Crippen LogP contribution in [0.1, 0.15) is 10.4 Å². The average Bonchev–Trinajstić information content (AvgIpc) is 2.10. The standard InChI is InChI=1S/C7H5BrClNO2/c1-12-7-5(8)6(9)4(3-11)2-10-7/h2-3H,1H3. The fraction of sp³-hybridized carbons (Fsp3) is 0.143. The summed E-state index contributed by atoms with van der Waals surface area (Å²) < 4.78 is 5.36. The summed E-state index contributed by atoms with van der Waals surface area (Å²) in [5, 5.41) is 0.317. The van der Waals surface area contributed by atoms with Crippen molar-refractivity contribution in [2.24, 2.45) is 0 Å². The second-order valence-corrected chi connectivity index (χ2v) is 3.14. The van der Waals surface area contributed by atoms with Gasteiger partial charge in [-0.05, 0) is 15.9 Å². The van der Waals surface area contributed by atoms with E-state index in [2.05, 4.69) is 20.9 Å². The van der Waals surface area contributed by atoms with Crippen LogP contribution in [0.3, 0.4) is 0 Å². The number of carbonyl (C=O) groups is 1. The Balaban J connectivity index is 3.29. The Morgan fingerprint density at radius 2 is 2.42 bits per heavy atom. The van der Waals surface area contributed by atoms with E-state index in [1.807, 2.05) is 0 Å². The maximum atomic E-state index is 10.4. The van der Waals surface area contributed by atoms with Crippen LogP contribution in [-0.4, -0.2) is 18.4 Å². The zero-order valence-corrected chi connectivity index (χ0v) is 8.52.